The molecule has 0 bridgehead atoms. The predicted molar refractivity (Wildman–Crippen MR) is 86.4 cm³/mol. The Kier molecular flexibility index (Phi) is 4.94. The molecule has 2 heterocycles. The number of nitrogens with zero attached hydrogens (tertiary/aromatic N) is 2. The van der Waals surface area contributed by atoms with Gasteiger partial charge in [0.1, 0.15) is 0 Å². The second-order valence-electron chi connectivity index (χ2n) is 6.42. The topological polar surface area (TPSA) is 15.7 Å². The minimum atomic E-state index is 0.484. The van der Waals surface area contributed by atoms with Crippen molar-refractivity contribution in [3.63, 3.8) is 0 Å². The van der Waals surface area contributed by atoms with E-state index >= 15 is 0 Å². The van der Waals surface area contributed by atoms with Gasteiger partial charge in [0.2, 0.25) is 0 Å². The van der Waals surface area contributed by atoms with Crippen LogP contribution in [-0.2, 0) is 4.74 Å². The van der Waals surface area contributed by atoms with Gasteiger partial charge in [-0.15, -0.1) is 0 Å². The number of hydrogen-bond donors (Lipinski definition) is 0. The third-order valence-corrected chi connectivity index (χ3v) is 5.04. The summed E-state index contributed by atoms with van der Waals surface area (Å²) in [6, 6.07) is 12.7. The zero-order valence-electron chi connectivity index (χ0n) is 13.4. The molecule has 1 aromatic rings. The van der Waals surface area contributed by atoms with Crippen LogP contribution in [0, 0.1) is 0 Å². The van der Waals surface area contributed by atoms with Crippen molar-refractivity contribution in [2.24, 2.45) is 0 Å². The number of piperazine rings is 1. The quantitative estimate of drug-likeness (QED) is 0.828. The van der Waals surface area contributed by atoms with Gasteiger partial charge in [0.15, 0.2) is 0 Å². The van der Waals surface area contributed by atoms with Gasteiger partial charge in [-0.25, -0.2) is 0 Å². The van der Waals surface area contributed by atoms with Crippen LogP contribution >= 0.6 is 0 Å². The maximum Gasteiger partial charge on any atom is 0.0619 e. The monoisotopic (exact) mass is 288 g/mol. The fraction of sp³-hybridized carbons (Fsp3) is 0.667. The molecule has 3 nitrogen and oxygen atoms in total. The zero-order chi connectivity index (χ0) is 14.7. The molecule has 0 amide bonds. The Hall–Kier alpha value is -0.900. The number of benzene rings is 1. The van der Waals surface area contributed by atoms with E-state index in [0.29, 0.717) is 12.1 Å². The van der Waals surface area contributed by atoms with Crippen LogP contribution in [-0.4, -0.2) is 54.7 Å². The van der Waals surface area contributed by atoms with E-state index in [-0.39, 0.29) is 0 Å². The molecule has 0 aromatic heterocycles. The van der Waals surface area contributed by atoms with Crippen LogP contribution in [0.15, 0.2) is 30.3 Å². The van der Waals surface area contributed by atoms with Crippen LogP contribution in [0.2, 0.25) is 0 Å². The van der Waals surface area contributed by atoms with Crippen molar-refractivity contribution >= 4 is 0 Å². The summed E-state index contributed by atoms with van der Waals surface area (Å²) in [4.78, 5) is 5.37. The molecule has 21 heavy (non-hydrogen) atoms. The fourth-order valence-electron chi connectivity index (χ4n) is 3.88. The predicted octanol–water partition coefficient (Wildman–Crippen LogP) is 2.93. The lowest BCUT2D eigenvalue weighted by molar-refractivity contribution is -0.00813. The van der Waals surface area contributed by atoms with Crippen molar-refractivity contribution in [1.82, 2.24) is 9.80 Å². The first-order valence-electron chi connectivity index (χ1n) is 8.42. The van der Waals surface area contributed by atoms with Crippen molar-refractivity contribution < 1.29 is 4.74 Å². The number of hydrogen-bond acceptors (Lipinski definition) is 3. The smallest absolute Gasteiger partial charge is 0.0619 e. The third-order valence-electron chi connectivity index (χ3n) is 5.04. The normalized spacial score (nSPS) is 28.5. The minimum Gasteiger partial charge on any atom is -0.380 e. The molecule has 0 spiro atoms. The Morgan fingerprint density at radius 3 is 2.81 bits per heavy atom. The van der Waals surface area contributed by atoms with E-state index < -0.39 is 0 Å². The average Bonchev–Trinajstić information content (AvgIpc) is 2.99. The highest BCUT2D eigenvalue weighted by Gasteiger charge is 2.38. The molecule has 0 N–H and O–H groups in total. The van der Waals surface area contributed by atoms with Gasteiger partial charge in [0, 0.05) is 37.8 Å². The van der Waals surface area contributed by atoms with Crippen molar-refractivity contribution in [3.05, 3.63) is 35.9 Å². The molecule has 0 saturated carbocycles. The highest BCUT2D eigenvalue weighted by molar-refractivity contribution is 5.21. The zero-order valence-corrected chi connectivity index (χ0v) is 13.4. The maximum absolute atomic E-state index is 5.69. The third kappa shape index (κ3) is 3.31. The highest BCUT2D eigenvalue weighted by atomic mass is 16.5. The largest absolute Gasteiger partial charge is 0.380 e. The summed E-state index contributed by atoms with van der Waals surface area (Å²) < 4.78 is 5.69. The Morgan fingerprint density at radius 1 is 1.24 bits per heavy atom. The van der Waals surface area contributed by atoms with Crippen LogP contribution in [0.4, 0.5) is 0 Å². The first-order valence-corrected chi connectivity index (χ1v) is 8.42. The molecule has 1 aromatic carbocycles. The summed E-state index contributed by atoms with van der Waals surface area (Å²) in [5.41, 5.74) is 1.45. The van der Waals surface area contributed by atoms with E-state index in [1.807, 2.05) is 0 Å². The van der Waals surface area contributed by atoms with E-state index in [1.165, 1.54) is 38.0 Å². The summed E-state index contributed by atoms with van der Waals surface area (Å²) in [5, 5.41) is 0. The van der Waals surface area contributed by atoms with Crippen LogP contribution in [0.1, 0.15) is 38.3 Å². The maximum atomic E-state index is 5.69. The molecule has 3 heteroatoms. The first kappa shape index (κ1) is 15.0. The standard InChI is InChI=1S/C18H28N2O/c1-3-21-14-15(2)20-12-17-10-7-11-19(17)13-18(20)16-8-5-4-6-9-16/h4-6,8-9,15,17-18H,3,7,10-14H2,1-2H3. The van der Waals surface area contributed by atoms with E-state index in [9.17, 15) is 0 Å². The van der Waals surface area contributed by atoms with Gasteiger partial charge < -0.3 is 4.74 Å². The summed E-state index contributed by atoms with van der Waals surface area (Å²) in [7, 11) is 0. The lowest BCUT2D eigenvalue weighted by Crippen LogP contribution is -2.55. The Morgan fingerprint density at radius 2 is 2.05 bits per heavy atom. The van der Waals surface area contributed by atoms with E-state index in [1.54, 1.807) is 0 Å². The first-order chi connectivity index (χ1) is 10.3. The summed E-state index contributed by atoms with van der Waals surface area (Å²) in [6.45, 7) is 9.68. The minimum absolute atomic E-state index is 0.484. The van der Waals surface area contributed by atoms with Gasteiger partial charge in [0.05, 0.1) is 6.61 Å². The summed E-state index contributed by atoms with van der Waals surface area (Å²) in [5.74, 6) is 0. The molecule has 116 valence electrons. The van der Waals surface area contributed by atoms with Gasteiger partial charge in [-0.3, -0.25) is 9.80 Å². The molecular weight excluding hydrogens is 260 g/mol. The summed E-state index contributed by atoms with van der Waals surface area (Å²) in [6.07, 6.45) is 2.72. The number of fused-ring (bicyclic) bond motifs is 1. The van der Waals surface area contributed by atoms with Crippen LogP contribution in [0.5, 0.6) is 0 Å². The second kappa shape index (κ2) is 6.91. The Labute approximate surface area is 128 Å². The van der Waals surface area contributed by atoms with Crippen LogP contribution in [0.3, 0.4) is 0 Å². The van der Waals surface area contributed by atoms with E-state index in [4.69, 9.17) is 4.74 Å². The Bertz CT molecular complexity index is 436. The van der Waals surface area contributed by atoms with Gasteiger partial charge in [0.25, 0.3) is 0 Å². The van der Waals surface area contributed by atoms with E-state index in [2.05, 4.69) is 54.0 Å². The molecule has 3 atom stereocenters. The molecule has 0 aliphatic carbocycles. The molecule has 2 aliphatic rings. The molecule has 3 rings (SSSR count). The van der Waals surface area contributed by atoms with Crippen molar-refractivity contribution in [1.29, 1.82) is 0 Å². The molecular formula is C18H28N2O. The SMILES string of the molecule is CCOCC(C)N1CC2CCCN2CC1c1ccccc1. The van der Waals surface area contributed by atoms with Crippen LogP contribution < -0.4 is 0 Å². The Balaban J connectivity index is 1.78. The molecule has 2 fully saturated rings. The van der Waals surface area contributed by atoms with Gasteiger partial charge in [-0.05, 0) is 38.8 Å². The van der Waals surface area contributed by atoms with Crippen molar-refractivity contribution in [3.8, 4) is 0 Å². The molecule has 2 aliphatic heterocycles. The lowest BCUT2D eigenvalue weighted by atomic mass is 9.98. The van der Waals surface area contributed by atoms with Crippen molar-refractivity contribution in [2.75, 3.05) is 32.8 Å². The number of rotatable bonds is 5. The van der Waals surface area contributed by atoms with Gasteiger partial charge >= 0.3 is 0 Å². The summed E-state index contributed by atoms with van der Waals surface area (Å²) >= 11 is 0. The molecule has 3 unspecified atom stereocenters. The molecule has 0 radical (unpaired) electrons. The van der Waals surface area contributed by atoms with Gasteiger partial charge in [-0.1, -0.05) is 30.3 Å². The van der Waals surface area contributed by atoms with Gasteiger partial charge in [-0.2, -0.15) is 0 Å². The number of ether oxygens (including phenoxy) is 1. The van der Waals surface area contributed by atoms with E-state index in [0.717, 1.165) is 19.3 Å². The second-order valence-corrected chi connectivity index (χ2v) is 6.42. The van der Waals surface area contributed by atoms with Crippen LogP contribution in [0.25, 0.3) is 0 Å². The fourth-order valence-corrected chi connectivity index (χ4v) is 3.88. The van der Waals surface area contributed by atoms with Crippen molar-refractivity contribution in [2.45, 2.75) is 44.8 Å². The average molecular weight is 288 g/mol. The highest BCUT2D eigenvalue weighted by Crippen LogP contribution is 2.33. The lowest BCUT2D eigenvalue weighted by Gasteiger charge is -2.46. The molecule has 2 saturated heterocycles.